The average Bonchev–Trinajstić information content (AvgIpc) is 3.27. The minimum absolute atomic E-state index is 0.0388. The van der Waals surface area contributed by atoms with E-state index in [-0.39, 0.29) is 30.6 Å². The number of carboxylic acid groups (broad SMARTS) is 1. The van der Waals surface area contributed by atoms with Gasteiger partial charge < -0.3 is 15.2 Å². The highest BCUT2D eigenvalue weighted by atomic mass is 35.5. The molecule has 1 aromatic carbocycles. The molecule has 0 spiro atoms. The quantitative estimate of drug-likeness (QED) is 0.868. The van der Waals surface area contributed by atoms with Crippen molar-refractivity contribution in [3.05, 3.63) is 33.8 Å². The number of hydrogen-bond acceptors (Lipinski definition) is 3. The van der Waals surface area contributed by atoms with Crippen LogP contribution in [0.2, 0.25) is 10.0 Å². The molecule has 0 radical (unpaired) electrons. The lowest BCUT2D eigenvalue weighted by atomic mass is 9.89. The number of carboxylic acids is 1. The van der Waals surface area contributed by atoms with Crippen molar-refractivity contribution in [1.29, 1.82) is 0 Å². The van der Waals surface area contributed by atoms with Gasteiger partial charge in [0.1, 0.15) is 5.54 Å². The van der Waals surface area contributed by atoms with Gasteiger partial charge in [0.2, 0.25) is 5.91 Å². The molecule has 2 fully saturated rings. The molecule has 2 unspecified atom stereocenters. The Hall–Kier alpha value is -1.30. The van der Waals surface area contributed by atoms with E-state index in [0.717, 1.165) is 5.56 Å². The zero-order chi connectivity index (χ0) is 16.6. The van der Waals surface area contributed by atoms with E-state index in [1.54, 1.807) is 18.2 Å². The second-order valence-corrected chi connectivity index (χ2v) is 7.01. The van der Waals surface area contributed by atoms with E-state index in [2.05, 4.69) is 5.32 Å². The van der Waals surface area contributed by atoms with Crippen LogP contribution in [0.3, 0.4) is 0 Å². The summed E-state index contributed by atoms with van der Waals surface area (Å²) in [5.74, 6) is -1.42. The van der Waals surface area contributed by atoms with E-state index in [0.29, 0.717) is 29.7 Å². The van der Waals surface area contributed by atoms with E-state index < -0.39 is 11.5 Å². The SMILES string of the molecule is O=C(NC1(C(=O)O)CCOCC1)C1CC1c1cc(Cl)cc(Cl)c1. The molecule has 2 atom stereocenters. The number of hydrogen-bond donors (Lipinski definition) is 2. The van der Waals surface area contributed by atoms with E-state index in [1.807, 2.05) is 0 Å². The van der Waals surface area contributed by atoms with Gasteiger partial charge in [0, 0.05) is 42.0 Å². The summed E-state index contributed by atoms with van der Waals surface area (Å²) < 4.78 is 5.21. The molecule has 3 rings (SSSR count). The summed E-state index contributed by atoms with van der Waals surface area (Å²) in [4.78, 5) is 24.0. The maximum atomic E-state index is 12.5. The Morgan fingerprint density at radius 2 is 1.78 bits per heavy atom. The van der Waals surface area contributed by atoms with E-state index >= 15 is 0 Å². The molecule has 0 aromatic heterocycles. The van der Waals surface area contributed by atoms with Crippen molar-refractivity contribution in [3.8, 4) is 0 Å². The number of halogens is 2. The van der Waals surface area contributed by atoms with Crippen LogP contribution in [0, 0.1) is 5.92 Å². The van der Waals surface area contributed by atoms with Crippen LogP contribution in [0.4, 0.5) is 0 Å². The topological polar surface area (TPSA) is 75.6 Å². The number of carbonyl (C=O) groups is 2. The average molecular weight is 358 g/mol. The molecule has 1 saturated carbocycles. The lowest BCUT2D eigenvalue weighted by molar-refractivity contribution is -0.152. The lowest BCUT2D eigenvalue weighted by Crippen LogP contribution is -2.57. The minimum Gasteiger partial charge on any atom is -0.480 e. The third kappa shape index (κ3) is 3.47. The van der Waals surface area contributed by atoms with Gasteiger partial charge in [0.05, 0.1) is 0 Å². The van der Waals surface area contributed by atoms with E-state index in [9.17, 15) is 14.7 Å². The third-order valence-electron chi connectivity index (χ3n) is 4.56. The Balaban J connectivity index is 1.69. The van der Waals surface area contributed by atoms with Crippen molar-refractivity contribution in [3.63, 3.8) is 0 Å². The van der Waals surface area contributed by atoms with Crippen LogP contribution in [-0.4, -0.2) is 35.7 Å². The van der Waals surface area contributed by atoms with Crippen LogP contribution in [0.15, 0.2) is 18.2 Å². The molecule has 2 N–H and O–H groups in total. The maximum absolute atomic E-state index is 12.5. The maximum Gasteiger partial charge on any atom is 0.329 e. The largest absolute Gasteiger partial charge is 0.480 e. The lowest BCUT2D eigenvalue weighted by Gasteiger charge is -2.34. The molecule has 1 aliphatic heterocycles. The van der Waals surface area contributed by atoms with Crippen molar-refractivity contribution in [2.24, 2.45) is 5.92 Å². The van der Waals surface area contributed by atoms with Gasteiger partial charge in [-0.3, -0.25) is 4.79 Å². The summed E-state index contributed by atoms with van der Waals surface area (Å²) in [6, 6.07) is 5.24. The first-order valence-electron chi connectivity index (χ1n) is 7.50. The number of ether oxygens (including phenoxy) is 1. The molecule has 2 aliphatic rings. The first-order chi connectivity index (χ1) is 10.9. The predicted octanol–water partition coefficient (Wildman–Crippen LogP) is 2.85. The van der Waals surface area contributed by atoms with Gasteiger partial charge in [-0.1, -0.05) is 23.2 Å². The second-order valence-electron chi connectivity index (χ2n) is 6.14. The van der Waals surface area contributed by atoms with Crippen molar-refractivity contribution < 1.29 is 19.4 Å². The van der Waals surface area contributed by atoms with Crippen molar-refractivity contribution in [2.75, 3.05) is 13.2 Å². The van der Waals surface area contributed by atoms with Gasteiger partial charge in [-0.25, -0.2) is 4.79 Å². The summed E-state index contributed by atoms with van der Waals surface area (Å²) in [5.41, 5.74) is -0.298. The molecule has 0 bridgehead atoms. The number of carbonyl (C=O) groups excluding carboxylic acids is 1. The minimum atomic E-state index is -1.21. The van der Waals surface area contributed by atoms with Crippen LogP contribution >= 0.6 is 23.2 Å². The van der Waals surface area contributed by atoms with Gasteiger partial charge in [0.15, 0.2) is 0 Å². The molecular weight excluding hydrogens is 341 g/mol. The number of rotatable bonds is 4. The Morgan fingerprint density at radius 1 is 1.17 bits per heavy atom. The number of amides is 1. The molecular formula is C16H17Cl2NO4. The summed E-state index contributed by atoms with van der Waals surface area (Å²) in [7, 11) is 0. The fraction of sp³-hybridized carbons (Fsp3) is 0.500. The monoisotopic (exact) mass is 357 g/mol. The molecule has 1 aliphatic carbocycles. The highest BCUT2D eigenvalue weighted by Crippen LogP contribution is 2.49. The molecule has 23 heavy (non-hydrogen) atoms. The van der Waals surface area contributed by atoms with E-state index in [4.69, 9.17) is 27.9 Å². The van der Waals surface area contributed by atoms with Gasteiger partial charge >= 0.3 is 5.97 Å². The molecule has 1 aromatic rings. The zero-order valence-electron chi connectivity index (χ0n) is 12.4. The van der Waals surface area contributed by atoms with Gasteiger partial charge in [-0.15, -0.1) is 0 Å². The van der Waals surface area contributed by atoms with Crippen LogP contribution in [0.25, 0.3) is 0 Å². The highest BCUT2D eigenvalue weighted by Gasteiger charge is 2.49. The number of aliphatic carboxylic acids is 1. The van der Waals surface area contributed by atoms with Crippen LogP contribution < -0.4 is 5.32 Å². The predicted molar refractivity (Wildman–Crippen MR) is 85.9 cm³/mol. The zero-order valence-corrected chi connectivity index (χ0v) is 13.9. The van der Waals surface area contributed by atoms with Crippen molar-refractivity contribution in [1.82, 2.24) is 5.32 Å². The Morgan fingerprint density at radius 3 is 2.35 bits per heavy atom. The fourth-order valence-electron chi connectivity index (χ4n) is 3.08. The third-order valence-corrected chi connectivity index (χ3v) is 4.99. The molecule has 5 nitrogen and oxygen atoms in total. The summed E-state index contributed by atoms with van der Waals surface area (Å²) >= 11 is 12.0. The molecule has 1 heterocycles. The standard InChI is InChI=1S/C16H17Cl2NO4/c17-10-5-9(6-11(18)7-10)12-8-13(12)14(20)19-16(15(21)22)1-3-23-4-2-16/h5-7,12-13H,1-4,8H2,(H,19,20)(H,21,22). The summed E-state index contributed by atoms with van der Waals surface area (Å²) in [5, 5.41) is 13.3. The van der Waals surface area contributed by atoms with Gasteiger partial charge in [-0.2, -0.15) is 0 Å². The summed E-state index contributed by atoms with van der Waals surface area (Å²) in [6.07, 6.45) is 1.25. The van der Waals surface area contributed by atoms with Crippen LogP contribution in [0.5, 0.6) is 0 Å². The Labute approximate surface area is 143 Å². The molecule has 7 heteroatoms. The highest BCUT2D eigenvalue weighted by molar-refractivity contribution is 6.34. The molecule has 1 saturated heterocycles. The smallest absolute Gasteiger partial charge is 0.329 e. The van der Waals surface area contributed by atoms with Crippen molar-refractivity contribution >= 4 is 35.1 Å². The fourth-order valence-corrected chi connectivity index (χ4v) is 3.63. The number of benzene rings is 1. The Kier molecular flexibility index (Phi) is 4.54. The Bertz CT molecular complexity index is 623. The first-order valence-corrected chi connectivity index (χ1v) is 8.26. The number of nitrogens with one attached hydrogen (secondary N) is 1. The summed E-state index contributed by atoms with van der Waals surface area (Å²) in [6.45, 7) is 0.676. The van der Waals surface area contributed by atoms with Crippen LogP contribution in [-0.2, 0) is 14.3 Å². The van der Waals surface area contributed by atoms with Gasteiger partial charge in [-0.05, 0) is 36.1 Å². The normalized spacial score (nSPS) is 25.7. The molecule has 124 valence electrons. The van der Waals surface area contributed by atoms with Gasteiger partial charge in [0.25, 0.3) is 0 Å². The van der Waals surface area contributed by atoms with Crippen LogP contribution in [0.1, 0.15) is 30.7 Å². The van der Waals surface area contributed by atoms with E-state index in [1.165, 1.54) is 0 Å². The first kappa shape index (κ1) is 16.6. The van der Waals surface area contributed by atoms with Crippen molar-refractivity contribution in [2.45, 2.75) is 30.7 Å². The second kappa shape index (κ2) is 6.30. The molecule has 1 amide bonds.